The minimum Gasteiger partial charge on any atom is -0.396 e. The van der Waals surface area contributed by atoms with E-state index in [1.807, 2.05) is 31.2 Å². The van der Waals surface area contributed by atoms with Gasteiger partial charge in [-0.2, -0.15) is 11.8 Å². The minimum absolute atomic E-state index is 0.0645. The number of nitrogens with one attached hydrogen (secondary N) is 1. The predicted octanol–water partition coefficient (Wildman–Crippen LogP) is 2.68. The van der Waals surface area contributed by atoms with Crippen LogP contribution >= 0.6 is 11.8 Å². The van der Waals surface area contributed by atoms with E-state index in [0.717, 1.165) is 17.2 Å². The number of benzene rings is 1. The molecule has 0 radical (unpaired) electrons. The van der Waals surface area contributed by atoms with E-state index in [4.69, 9.17) is 5.11 Å². The summed E-state index contributed by atoms with van der Waals surface area (Å²) in [5, 5.41) is 12.2. The summed E-state index contributed by atoms with van der Waals surface area (Å²) in [7, 11) is 0. The Hall–Kier alpha value is -1.00. The zero-order valence-corrected chi connectivity index (χ0v) is 12.8. The van der Waals surface area contributed by atoms with Gasteiger partial charge < -0.3 is 10.4 Å². The Balaban J connectivity index is 1.83. The van der Waals surface area contributed by atoms with E-state index in [0.29, 0.717) is 12.2 Å². The minimum atomic E-state index is -0.0883. The summed E-state index contributed by atoms with van der Waals surface area (Å²) >= 11 is 1.72. The Kier molecular flexibility index (Phi) is 5.92. The van der Waals surface area contributed by atoms with Crippen molar-refractivity contribution >= 4 is 17.7 Å². The van der Waals surface area contributed by atoms with E-state index in [1.54, 1.807) is 11.8 Å². The standard InChI is InChI=1S/C16H23NO2S/c1-12-2-6-14(7-3-12)15(8-9-18)17-16(19)11-20-10-13-4-5-13/h2-3,6-7,13,15,18H,4-5,8-11H2,1H3,(H,17,19). The fourth-order valence-electron chi connectivity index (χ4n) is 2.09. The molecule has 1 atom stereocenters. The molecular weight excluding hydrogens is 270 g/mol. The van der Waals surface area contributed by atoms with Gasteiger partial charge in [-0.15, -0.1) is 0 Å². The summed E-state index contributed by atoms with van der Waals surface area (Å²) in [5.41, 5.74) is 2.26. The summed E-state index contributed by atoms with van der Waals surface area (Å²) in [6.07, 6.45) is 3.21. The first kappa shape index (κ1) is 15.4. The molecule has 4 heteroatoms. The van der Waals surface area contributed by atoms with Crippen molar-refractivity contribution in [2.24, 2.45) is 5.92 Å². The smallest absolute Gasteiger partial charge is 0.230 e. The van der Waals surface area contributed by atoms with Gasteiger partial charge in [0.1, 0.15) is 0 Å². The van der Waals surface area contributed by atoms with Gasteiger partial charge in [0.05, 0.1) is 11.8 Å². The maximum atomic E-state index is 12.0. The number of thioether (sulfide) groups is 1. The first-order chi connectivity index (χ1) is 9.69. The van der Waals surface area contributed by atoms with Gasteiger partial charge in [-0.05, 0) is 43.4 Å². The second kappa shape index (κ2) is 7.70. The van der Waals surface area contributed by atoms with Crippen molar-refractivity contribution in [2.45, 2.75) is 32.2 Å². The Morgan fingerprint density at radius 2 is 2.10 bits per heavy atom. The lowest BCUT2D eigenvalue weighted by molar-refractivity contribution is -0.119. The molecule has 1 unspecified atom stereocenters. The lowest BCUT2D eigenvalue weighted by Gasteiger charge is -2.18. The van der Waals surface area contributed by atoms with E-state index in [1.165, 1.54) is 18.4 Å². The average Bonchev–Trinajstić information content (AvgIpc) is 3.23. The van der Waals surface area contributed by atoms with Crippen LogP contribution in [0.2, 0.25) is 0 Å². The first-order valence-corrected chi connectivity index (χ1v) is 8.39. The van der Waals surface area contributed by atoms with E-state index in [2.05, 4.69) is 5.32 Å². The zero-order valence-electron chi connectivity index (χ0n) is 12.0. The van der Waals surface area contributed by atoms with Gasteiger partial charge in [0, 0.05) is 6.61 Å². The topological polar surface area (TPSA) is 49.3 Å². The van der Waals surface area contributed by atoms with Crippen molar-refractivity contribution in [3.05, 3.63) is 35.4 Å². The van der Waals surface area contributed by atoms with Crippen LogP contribution in [-0.4, -0.2) is 29.1 Å². The van der Waals surface area contributed by atoms with Gasteiger partial charge in [-0.1, -0.05) is 29.8 Å². The molecule has 1 aliphatic rings. The maximum absolute atomic E-state index is 12.0. The van der Waals surface area contributed by atoms with E-state index < -0.39 is 0 Å². The Labute approximate surface area is 125 Å². The van der Waals surface area contributed by atoms with Gasteiger partial charge in [0.2, 0.25) is 5.91 Å². The van der Waals surface area contributed by atoms with Gasteiger partial charge >= 0.3 is 0 Å². The summed E-state index contributed by atoms with van der Waals surface area (Å²) < 4.78 is 0. The van der Waals surface area contributed by atoms with E-state index >= 15 is 0 Å². The Bertz CT molecular complexity index is 429. The molecule has 3 nitrogen and oxygen atoms in total. The molecule has 1 fully saturated rings. The Morgan fingerprint density at radius 3 is 2.70 bits per heavy atom. The predicted molar refractivity (Wildman–Crippen MR) is 83.8 cm³/mol. The first-order valence-electron chi connectivity index (χ1n) is 7.23. The number of carbonyl (C=O) groups is 1. The number of amides is 1. The zero-order chi connectivity index (χ0) is 14.4. The van der Waals surface area contributed by atoms with Crippen molar-refractivity contribution in [2.75, 3.05) is 18.1 Å². The van der Waals surface area contributed by atoms with Crippen molar-refractivity contribution in [1.29, 1.82) is 0 Å². The molecular formula is C16H23NO2S. The van der Waals surface area contributed by atoms with Crippen LogP contribution < -0.4 is 5.32 Å². The van der Waals surface area contributed by atoms with Gasteiger partial charge in [-0.25, -0.2) is 0 Å². The molecule has 1 saturated carbocycles. The normalized spacial score (nSPS) is 15.9. The third-order valence-electron chi connectivity index (χ3n) is 3.52. The summed E-state index contributed by atoms with van der Waals surface area (Å²) in [6.45, 7) is 2.12. The highest BCUT2D eigenvalue weighted by atomic mass is 32.2. The second-order valence-electron chi connectivity index (χ2n) is 5.50. The van der Waals surface area contributed by atoms with Crippen LogP contribution in [0.3, 0.4) is 0 Å². The van der Waals surface area contributed by atoms with E-state index in [-0.39, 0.29) is 18.6 Å². The molecule has 0 heterocycles. The number of aliphatic hydroxyl groups excluding tert-OH is 1. The molecule has 0 saturated heterocycles. The molecule has 20 heavy (non-hydrogen) atoms. The van der Waals surface area contributed by atoms with Crippen LogP contribution in [0.15, 0.2) is 24.3 Å². The van der Waals surface area contributed by atoms with Gasteiger partial charge in [0.15, 0.2) is 0 Å². The monoisotopic (exact) mass is 293 g/mol. The molecule has 0 aromatic heterocycles. The van der Waals surface area contributed by atoms with E-state index in [9.17, 15) is 4.79 Å². The third kappa shape index (κ3) is 5.17. The van der Waals surface area contributed by atoms with Crippen molar-refractivity contribution in [1.82, 2.24) is 5.32 Å². The van der Waals surface area contributed by atoms with Gasteiger partial charge in [0.25, 0.3) is 0 Å². The molecule has 1 aromatic carbocycles. The number of hydrogen-bond donors (Lipinski definition) is 2. The SMILES string of the molecule is Cc1ccc(C(CCO)NC(=O)CSCC2CC2)cc1. The quantitative estimate of drug-likeness (QED) is 0.775. The lowest BCUT2D eigenvalue weighted by atomic mass is 10.0. The molecule has 110 valence electrons. The van der Waals surface area contributed by atoms with Crippen molar-refractivity contribution < 1.29 is 9.90 Å². The molecule has 0 aliphatic heterocycles. The van der Waals surface area contributed by atoms with Crippen molar-refractivity contribution in [3.8, 4) is 0 Å². The molecule has 2 N–H and O–H groups in total. The summed E-state index contributed by atoms with van der Waals surface area (Å²) in [5.74, 6) is 2.53. The number of hydrogen-bond acceptors (Lipinski definition) is 3. The third-order valence-corrected chi connectivity index (χ3v) is 4.69. The van der Waals surface area contributed by atoms with Crippen LogP contribution in [0.25, 0.3) is 0 Å². The number of rotatable bonds is 8. The molecule has 2 rings (SSSR count). The van der Waals surface area contributed by atoms with Crippen molar-refractivity contribution in [3.63, 3.8) is 0 Å². The number of aryl methyl sites for hydroxylation is 1. The van der Waals surface area contributed by atoms with Gasteiger partial charge in [-0.3, -0.25) is 4.79 Å². The molecule has 1 aliphatic carbocycles. The average molecular weight is 293 g/mol. The molecule has 0 bridgehead atoms. The fraction of sp³-hybridized carbons (Fsp3) is 0.562. The second-order valence-corrected chi connectivity index (χ2v) is 6.53. The molecule has 0 spiro atoms. The summed E-state index contributed by atoms with van der Waals surface area (Å²) in [4.78, 5) is 12.0. The highest BCUT2D eigenvalue weighted by molar-refractivity contribution is 7.99. The highest BCUT2D eigenvalue weighted by Gasteiger charge is 2.21. The molecule has 1 amide bonds. The number of aliphatic hydroxyl groups is 1. The van der Waals surface area contributed by atoms with Crippen LogP contribution in [0, 0.1) is 12.8 Å². The largest absolute Gasteiger partial charge is 0.396 e. The fourth-order valence-corrected chi connectivity index (χ4v) is 3.14. The highest BCUT2D eigenvalue weighted by Crippen LogP contribution is 2.32. The van der Waals surface area contributed by atoms with Crippen LogP contribution in [0.5, 0.6) is 0 Å². The maximum Gasteiger partial charge on any atom is 0.230 e. The number of carbonyl (C=O) groups excluding carboxylic acids is 1. The van der Waals surface area contributed by atoms with Crippen LogP contribution in [-0.2, 0) is 4.79 Å². The Morgan fingerprint density at radius 1 is 1.40 bits per heavy atom. The van der Waals surface area contributed by atoms with Crippen LogP contribution in [0.4, 0.5) is 0 Å². The molecule has 1 aromatic rings. The lowest BCUT2D eigenvalue weighted by Crippen LogP contribution is -2.30. The summed E-state index contributed by atoms with van der Waals surface area (Å²) in [6, 6.07) is 8.02. The van der Waals surface area contributed by atoms with Crippen LogP contribution in [0.1, 0.15) is 36.4 Å².